The van der Waals surface area contributed by atoms with Gasteiger partial charge in [-0.3, -0.25) is 4.79 Å². The first-order chi connectivity index (χ1) is 8.18. The van der Waals surface area contributed by atoms with Crippen molar-refractivity contribution in [3.05, 3.63) is 28.7 Å². The van der Waals surface area contributed by atoms with Crippen LogP contribution in [0.15, 0.2) is 28.7 Å². The van der Waals surface area contributed by atoms with Gasteiger partial charge in [-0.15, -0.1) is 11.8 Å². The van der Waals surface area contributed by atoms with E-state index in [1.54, 1.807) is 28.8 Å². The van der Waals surface area contributed by atoms with Crippen molar-refractivity contribution in [2.45, 2.75) is 6.04 Å². The van der Waals surface area contributed by atoms with Gasteiger partial charge in [-0.25, -0.2) is 9.69 Å². The SMILES string of the molecule is O=C1C2CSCN2C(=O)N1c1ccc(Br)cc1. The molecule has 2 fully saturated rings. The number of nitrogens with zero attached hydrogens (tertiary/aromatic N) is 2. The van der Waals surface area contributed by atoms with E-state index in [0.717, 1.165) is 4.47 Å². The number of hydrogen-bond acceptors (Lipinski definition) is 3. The van der Waals surface area contributed by atoms with Gasteiger partial charge >= 0.3 is 6.03 Å². The molecule has 0 N–H and O–H groups in total. The molecule has 0 bridgehead atoms. The highest BCUT2D eigenvalue weighted by molar-refractivity contribution is 9.10. The molecule has 2 aliphatic heterocycles. The number of fused-ring (bicyclic) bond motifs is 1. The number of hydrogen-bond donors (Lipinski definition) is 0. The van der Waals surface area contributed by atoms with Gasteiger partial charge < -0.3 is 4.90 Å². The second kappa shape index (κ2) is 4.03. The maximum atomic E-state index is 12.1. The lowest BCUT2D eigenvalue weighted by Crippen LogP contribution is -2.32. The summed E-state index contributed by atoms with van der Waals surface area (Å²) in [5.41, 5.74) is 0.641. The molecule has 6 heteroatoms. The molecule has 0 saturated carbocycles. The van der Waals surface area contributed by atoms with Crippen molar-refractivity contribution in [3.8, 4) is 0 Å². The normalized spacial score (nSPS) is 23.5. The summed E-state index contributed by atoms with van der Waals surface area (Å²) in [4.78, 5) is 27.1. The zero-order valence-corrected chi connectivity index (χ0v) is 11.2. The monoisotopic (exact) mass is 312 g/mol. The van der Waals surface area contributed by atoms with Crippen LogP contribution in [0.5, 0.6) is 0 Å². The van der Waals surface area contributed by atoms with Gasteiger partial charge in [-0.1, -0.05) is 15.9 Å². The molecular weight excluding hydrogens is 304 g/mol. The zero-order chi connectivity index (χ0) is 12.0. The number of amides is 3. The maximum absolute atomic E-state index is 12.1. The molecule has 88 valence electrons. The minimum atomic E-state index is -0.267. The van der Waals surface area contributed by atoms with Crippen LogP contribution in [0.2, 0.25) is 0 Å². The van der Waals surface area contributed by atoms with Crippen LogP contribution in [0.1, 0.15) is 0 Å². The van der Waals surface area contributed by atoms with Crippen LogP contribution in [0.25, 0.3) is 0 Å². The molecule has 0 aliphatic carbocycles. The Morgan fingerprint density at radius 2 is 1.94 bits per heavy atom. The van der Waals surface area contributed by atoms with Gasteiger partial charge in [0.2, 0.25) is 0 Å². The lowest BCUT2D eigenvalue weighted by molar-refractivity contribution is -0.118. The van der Waals surface area contributed by atoms with Crippen molar-refractivity contribution >= 4 is 45.3 Å². The Hall–Kier alpha value is -1.01. The van der Waals surface area contributed by atoms with E-state index in [0.29, 0.717) is 17.3 Å². The van der Waals surface area contributed by atoms with E-state index in [9.17, 15) is 9.59 Å². The van der Waals surface area contributed by atoms with Crippen LogP contribution in [-0.2, 0) is 4.79 Å². The lowest BCUT2D eigenvalue weighted by Gasteiger charge is -2.15. The van der Waals surface area contributed by atoms with Crippen LogP contribution >= 0.6 is 27.7 Å². The van der Waals surface area contributed by atoms with E-state index in [1.165, 1.54) is 4.90 Å². The van der Waals surface area contributed by atoms with E-state index in [2.05, 4.69) is 15.9 Å². The summed E-state index contributed by atoms with van der Waals surface area (Å²) in [6.45, 7) is 0. The fraction of sp³-hybridized carbons (Fsp3) is 0.273. The quantitative estimate of drug-likeness (QED) is 0.747. The molecule has 3 amide bonds. The molecule has 17 heavy (non-hydrogen) atoms. The Balaban J connectivity index is 1.96. The highest BCUT2D eigenvalue weighted by Crippen LogP contribution is 2.32. The van der Waals surface area contributed by atoms with E-state index >= 15 is 0 Å². The van der Waals surface area contributed by atoms with Crippen LogP contribution in [0, 0.1) is 0 Å². The second-order valence-electron chi connectivity index (χ2n) is 3.92. The third kappa shape index (κ3) is 1.66. The van der Waals surface area contributed by atoms with Gasteiger partial charge in [-0.2, -0.15) is 0 Å². The third-order valence-corrected chi connectivity index (χ3v) is 4.45. The molecule has 2 saturated heterocycles. The van der Waals surface area contributed by atoms with E-state index < -0.39 is 0 Å². The predicted molar refractivity (Wildman–Crippen MR) is 70.0 cm³/mol. The van der Waals surface area contributed by atoms with Gasteiger partial charge in [0.15, 0.2) is 0 Å². The molecule has 2 heterocycles. The fourth-order valence-electron chi connectivity index (χ4n) is 2.04. The molecule has 0 spiro atoms. The molecule has 1 atom stereocenters. The summed E-state index contributed by atoms with van der Waals surface area (Å²) in [6.07, 6.45) is 0. The second-order valence-corrected chi connectivity index (χ2v) is 5.83. The Morgan fingerprint density at radius 3 is 2.59 bits per heavy atom. The molecule has 4 nitrogen and oxygen atoms in total. The number of imide groups is 1. The van der Waals surface area contributed by atoms with Gasteiger partial charge in [0, 0.05) is 10.2 Å². The average molecular weight is 313 g/mol. The van der Waals surface area contributed by atoms with Gasteiger partial charge in [0.25, 0.3) is 5.91 Å². The van der Waals surface area contributed by atoms with E-state index in [1.807, 2.05) is 12.1 Å². The summed E-state index contributed by atoms with van der Waals surface area (Å²) in [5.74, 6) is 1.21. The first-order valence-corrected chi connectivity index (χ1v) is 7.11. The summed E-state index contributed by atoms with van der Waals surface area (Å²) in [6, 6.07) is 6.73. The van der Waals surface area contributed by atoms with E-state index in [-0.39, 0.29) is 18.0 Å². The van der Waals surface area contributed by atoms with Crippen molar-refractivity contribution in [3.63, 3.8) is 0 Å². The summed E-state index contributed by atoms with van der Waals surface area (Å²) in [5, 5.41) is 0. The van der Waals surface area contributed by atoms with Crippen LogP contribution in [-0.4, -0.2) is 34.5 Å². The molecule has 1 aromatic rings. The van der Waals surface area contributed by atoms with Crippen LogP contribution in [0.4, 0.5) is 10.5 Å². The summed E-state index contributed by atoms with van der Waals surface area (Å²) in [7, 11) is 0. The third-order valence-electron chi connectivity index (χ3n) is 2.91. The fourth-order valence-corrected chi connectivity index (χ4v) is 3.44. The minimum absolute atomic E-state index is 0.109. The van der Waals surface area contributed by atoms with E-state index in [4.69, 9.17) is 0 Å². The van der Waals surface area contributed by atoms with Crippen LogP contribution < -0.4 is 4.90 Å². The van der Waals surface area contributed by atoms with Crippen molar-refractivity contribution < 1.29 is 9.59 Å². The Bertz CT molecular complexity index is 469. The average Bonchev–Trinajstić information content (AvgIpc) is 2.87. The minimum Gasteiger partial charge on any atom is -0.302 e. The van der Waals surface area contributed by atoms with Crippen molar-refractivity contribution in [2.24, 2.45) is 0 Å². The number of rotatable bonds is 1. The summed E-state index contributed by atoms with van der Waals surface area (Å²) < 4.78 is 0.927. The molecule has 3 rings (SSSR count). The van der Waals surface area contributed by atoms with Crippen molar-refractivity contribution in [1.29, 1.82) is 0 Å². The predicted octanol–water partition coefficient (Wildman–Crippen LogP) is 2.29. The first-order valence-electron chi connectivity index (χ1n) is 5.16. The number of anilines is 1. The molecule has 1 aromatic carbocycles. The highest BCUT2D eigenvalue weighted by atomic mass is 79.9. The smallest absolute Gasteiger partial charge is 0.302 e. The zero-order valence-electron chi connectivity index (χ0n) is 8.80. The number of carbonyl (C=O) groups excluding carboxylic acids is 2. The standard InChI is InChI=1S/C11H9BrN2O2S/c12-7-1-3-8(4-2-7)14-10(15)9-5-17-6-13(9)11(14)16/h1-4,9H,5-6H2. The Morgan fingerprint density at radius 1 is 1.24 bits per heavy atom. The van der Waals surface area contributed by atoms with Crippen LogP contribution in [0.3, 0.4) is 0 Å². The maximum Gasteiger partial charge on any atom is 0.332 e. The molecular formula is C11H9BrN2O2S. The molecule has 1 unspecified atom stereocenters. The number of thioether (sulfide) groups is 1. The van der Waals surface area contributed by atoms with Gasteiger partial charge in [0.1, 0.15) is 6.04 Å². The number of urea groups is 1. The highest BCUT2D eigenvalue weighted by Gasteiger charge is 2.48. The summed E-state index contributed by atoms with van der Waals surface area (Å²) >= 11 is 4.95. The Kier molecular flexibility index (Phi) is 2.63. The number of carbonyl (C=O) groups is 2. The number of halogens is 1. The molecule has 0 radical (unpaired) electrons. The lowest BCUT2D eigenvalue weighted by atomic mass is 10.2. The molecule has 2 aliphatic rings. The largest absolute Gasteiger partial charge is 0.332 e. The van der Waals surface area contributed by atoms with Gasteiger partial charge in [-0.05, 0) is 24.3 Å². The van der Waals surface area contributed by atoms with Crippen molar-refractivity contribution in [1.82, 2.24) is 4.90 Å². The van der Waals surface area contributed by atoms with Gasteiger partial charge in [0.05, 0.1) is 11.6 Å². The first kappa shape index (κ1) is 11.1. The number of benzene rings is 1. The Labute approximate surface area is 111 Å². The molecule has 0 aromatic heterocycles. The van der Waals surface area contributed by atoms with Crippen molar-refractivity contribution in [2.75, 3.05) is 16.5 Å². The topological polar surface area (TPSA) is 40.6 Å².